The van der Waals surface area contributed by atoms with Gasteiger partial charge in [-0.15, -0.1) is 35.3 Å². The minimum absolute atomic E-state index is 0. The highest BCUT2D eigenvalue weighted by atomic mass is 127. The maximum atomic E-state index is 5.44. The van der Waals surface area contributed by atoms with Gasteiger partial charge in [0.05, 0.1) is 11.6 Å². The quantitative estimate of drug-likeness (QED) is 0.435. The van der Waals surface area contributed by atoms with Crippen LogP contribution < -0.4 is 10.2 Å². The number of piperazine rings is 1. The largest absolute Gasteiger partial charge is 0.381 e. The monoisotopic (exact) mass is 450 g/mol. The third-order valence-electron chi connectivity index (χ3n) is 4.26. The van der Waals surface area contributed by atoms with Gasteiger partial charge in [0.25, 0.3) is 0 Å². The van der Waals surface area contributed by atoms with Gasteiger partial charge in [0.1, 0.15) is 0 Å². The Morgan fingerprint density at radius 3 is 2.83 bits per heavy atom. The molecule has 0 aliphatic carbocycles. The molecule has 3 heterocycles. The molecule has 23 heavy (non-hydrogen) atoms. The molecule has 3 rings (SSSR count). The highest BCUT2D eigenvalue weighted by Crippen LogP contribution is 2.22. The molecule has 1 N–H and O–H groups in total. The number of hydrogen-bond donors (Lipinski definition) is 1. The van der Waals surface area contributed by atoms with E-state index in [9.17, 15) is 0 Å². The van der Waals surface area contributed by atoms with Crippen LogP contribution in [0.1, 0.15) is 13.3 Å². The molecule has 0 amide bonds. The molecule has 7 heteroatoms. The molecular formula is C16H27IN4OS. The van der Waals surface area contributed by atoms with Gasteiger partial charge in [0, 0.05) is 51.8 Å². The lowest BCUT2D eigenvalue weighted by Crippen LogP contribution is -2.52. The van der Waals surface area contributed by atoms with Crippen molar-refractivity contribution in [1.29, 1.82) is 0 Å². The number of guanidine groups is 1. The Kier molecular flexibility index (Phi) is 7.91. The first-order valence-electron chi connectivity index (χ1n) is 8.26. The van der Waals surface area contributed by atoms with E-state index in [2.05, 4.69) is 39.6 Å². The van der Waals surface area contributed by atoms with E-state index in [-0.39, 0.29) is 24.0 Å². The lowest BCUT2D eigenvalue weighted by molar-refractivity contribution is 0.187. The van der Waals surface area contributed by atoms with E-state index >= 15 is 0 Å². The topological polar surface area (TPSA) is 40.1 Å². The number of hydrogen-bond acceptors (Lipinski definition) is 4. The summed E-state index contributed by atoms with van der Waals surface area (Å²) < 4.78 is 5.44. The second-order valence-corrected chi connectivity index (χ2v) is 6.78. The second kappa shape index (κ2) is 9.68. The van der Waals surface area contributed by atoms with Crippen molar-refractivity contribution in [3.8, 4) is 0 Å². The fourth-order valence-electron chi connectivity index (χ4n) is 2.96. The van der Waals surface area contributed by atoms with E-state index < -0.39 is 0 Å². The molecule has 2 fully saturated rings. The van der Waals surface area contributed by atoms with E-state index in [0.717, 1.165) is 64.9 Å². The molecule has 2 saturated heterocycles. The van der Waals surface area contributed by atoms with Gasteiger partial charge in [0.2, 0.25) is 0 Å². The van der Waals surface area contributed by atoms with Gasteiger partial charge in [-0.05, 0) is 30.9 Å². The maximum Gasteiger partial charge on any atom is 0.194 e. The van der Waals surface area contributed by atoms with Crippen LogP contribution in [-0.4, -0.2) is 63.3 Å². The summed E-state index contributed by atoms with van der Waals surface area (Å²) in [5.74, 6) is 1.67. The van der Waals surface area contributed by atoms with E-state index in [0.29, 0.717) is 5.92 Å². The molecule has 0 radical (unpaired) electrons. The van der Waals surface area contributed by atoms with E-state index in [4.69, 9.17) is 9.73 Å². The Bertz CT molecular complexity index is 468. The Labute approximate surface area is 160 Å². The highest BCUT2D eigenvalue weighted by molar-refractivity contribution is 14.0. The minimum atomic E-state index is 0. The molecule has 5 nitrogen and oxygen atoms in total. The Hall–Kier alpha value is -0.540. The van der Waals surface area contributed by atoms with Gasteiger partial charge in [-0.25, -0.2) is 0 Å². The minimum Gasteiger partial charge on any atom is -0.381 e. The summed E-state index contributed by atoms with van der Waals surface area (Å²) in [5.41, 5.74) is 0. The number of nitrogens with zero attached hydrogens (tertiary/aromatic N) is 3. The molecule has 2 aliphatic rings. The molecular weight excluding hydrogens is 423 g/mol. The van der Waals surface area contributed by atoms with Crippen LogP contribution in [0, 0.1) is 5.92 Å². The van der Waals surface area contributed by atoms with Crippen LogP contribution in [0.5, 0.6) is 0 Å². The molecule has 1 unspecified atom stereocenters. The average Bonchev–Trinajstić information content (AvgIpc) is 3.25. The lowest BCUT2D eigenvalue weighted by atomic mass is 10.1. The van der Waals surface area contributed by atoms with Gasteiger partial charge < -0.3 is 19.9 Å². The number of thiophene rings is 1. The molecule has 1 atom stereocenters. The van der Waals surface area contributed by atoms with E-state index in [1.807, 2.05) is 11.3 Å². The van der Waals surface area contributed by atoms with Crippen molar-refractivity contribution in [2.75, 3.05) is 57.4 Å². The summed E-state index contributed by atoms with van der Waals surface area (Å²) in [6.07, 6.45) is 1.15. The molecule has 2 aliphatic heterocycles. The molecule has 0 saturated carbocycles. The van der Waals surface area contributed by atoms with E-state index in [1.54, 1.807) is 0 Å². The fourth-order valence-corrected chi connectivity index (χ4v) is 3.74. The summed E-state index contributed by atoms with van der Waals surface area (Å²) in [4.78, 5) is 9.70. The summed E-state index contributed by atoms with van der Waals surface area (Å²) in [6.45, 7) is 9.91. The summed E-state index contributed by atoms with van der Waals surface area (Å²) in [5, 5.41) is 6.97. The fraction of sp³-hybridized carbons (Fsp3) is 0.688. The van der Waals surface area contributed by atoms with Gasteiger partial charge in [-0.2, -0.15) is 0 Å². The Morgan fingerprint density at radius 2 is 2.22 bits per heavy atom. The van der Waals surface area contributed by atoms with Gasteiger partial charge in [-0.3, -0.25) is 4.99 Å². The van der Waals surface area contributed by atoms with Crippen LogP contribution in [0.25, 0.3) is 0 Å². The average molecular weight is 450 g/mol. The molecule has 1 aromatic heterocycles. The molecule has 0 aromatic carbocycles. The number of rotatable bonds is 4. The highest BCUT2D eigenvalue weighted by Gasteiger charge is 2.21. The number of anilines is 1. The first-order valence-corrected chi connectivity index (χ1v) is 9.14. The second-order valence-electron chi connectivity index (χ2n) is 5.85. The van der Waals surface area contributed by atoms with Crippen LogP contribution in [0.15, 0.2) is 22.5 Å². The molecule has 0 spiro atoms. The predicted octanol–water partition coefficient (Wildman–Crippen LogP) is 2.49. The van der Waals surface area contributed by atoms with Gasteiger partial charge in [-0.1, -0.05) is 0 Å². The van der Waals surface area contributed by atoms with Gasteiger partial charge >= 0.3 is 0 Å². The summed E-state index contributed by atoms with van der Waals surface area (Å²) >= 11 is 1.82. The maximum absolute atomic E-state index is 5.44. The van der Waals surface area contributed by atoms with Crippen molar-refractivity contribution in [3.05, 3.63) is 17.5 Å². The standard InChI is InChI=1S/C16H26N4OS.HI/c1-2-17-16(18-12-14-5-10-21-13-14)20-8-6-19(7-9-20)15-4-3-11-22-15;/h3-4,11,14H,2,5-10,12-13H2,1H3,(H,17,18);1H. The SMILES string of the molecule is CCNC(=NCC1CCOC1)N1CCN(c2cccs2)CC1.I. The number of halogens is 1. The van der Waals surface area contributed by atoms with Crippen LogP contribution in [0.3, 0.4) is 0 Å². The summed E-state index contributed by atoms with van der Waals surface area (Å²) in [6, 6.07) is 4.33. The summed E-state index contributed by atoms with van der Waals surface area (Å²) in [7, 11) is 0. The predicted molar refractivity (Wildman–Crippen MR) is 108 cm³/mol. The Morgan fingerprint density at radius 1 is 1.39 bits per heavy atom. The van der Waals surface area contributed by atoms with Crippen molar-refractivity contribution in [2.45, 2.75) is 13.3 Å². The third-order valence-corrected chi connectivity index (χ3v) is 5.18. The lowest BCUT2D eigenvalue weighted by Gasteiger charge is -2.37. The smallest absolute Gasteiger partial charge is 0.194 e. The van der Waals surface area contributed by atoms with Crippen LogP contribution in [0.4, 0.5) is 5.00 Å². The van der Waals surface area contributed by atoms with Crippen molar-refractivity contribution in [2.24, 2.45) is 10.9 Å². The number of nitrogens with one attached hydrogen (secondary N) is 1. The molecule has 130 valence electrons. The van der Waals surface area contributed by atoms with Crippen molar-refractivity contribution >= 4 is 46.3 Å². The Balaban J connectivity index is 0.00000192. The first-order chi connectivity index (χ1) is 10.9. The van der Waals surface area contributed by atoms with Crippen LogP contribution in [0.2, 0.25) is 0 Å². The zero-order valence-corrected chi connectivity index (χ0v) is 16.9. The van der Waals surface area contributed by atoms with Crippen molar-refractivity contribution in [3.63, 3.8) is 0 Å². The normalized spacial score (nSPS) is 22.1. The zero-order valence-electron chi connectivity index (χ0n) is 13.7. The zero-order chi connectivity index (χ0) is 15.2. The number of aliphatic imine (C=N–C) groups is 1. The molecule has 1 aromatic rings. The first kappa shape index (κ1) is 18.8. The van der Waals surface area contributed by atoms with Crippen molar-refractivity contribution < 1.29 is 4.74 Å². The third kappa shape index (κ3) is 5.22. The molecule has 0 bridgehead atoms. The van der Waals surface area contributed by atoms with Crippen LogP contribution >= 0.6 is 35.3 Å². The number of ether oxygens (including phenoxy) is 1. The van der Waals surface area contributed by atoms with Gasteiger partial charge in [0.15, 0.2) is 5.96 Å². The van der Waals surface area contributed by atoms with Crippen molar-refractivity contribution in [1.82, 2.24) is 10.2 Å². The van der Waals surface area contributed by atoms with Crippen LogP contribution in [-0.2, 0) is 4.74 Å². The van der Waals surface area contributed by atoms with E-state index in [1.165, 1.54) is 5.00 Å².